The summed E-state index contributed by atoms with van der Waals surface area (Å²) in [7, 11) is 0. The van der Waals surface area contributed by atoms with Crippen molar-refractivity contribution >= 4 is 33.2 Å². The Morgan fingerprint density at radius 2 is 1.81 bits per heavy atom. The molecule has 106 valence electrons. The van der Waals surface area contributed by atoms with E-state index in [0.717, 1.165) is 21.5 Å². The molecule has 1 heterocycles. The van der Waals surface area contributed by atoms with Crippen molar-refractivity contribution in [1.29, 1.82) is 0 Å². The van der Waals surface area contributed by atoms with Gasteiger partial charge in [0.15, 0.2) is 0 Å². The third kappa shape index (κ3) is 3.31. The second-order valence-electron chi connectivity index (χ2n) is 4.63. The summed E-state index contributed by atoms with van der Waals surface area (Å²) in [6.45, 7) is 0. The summed E-state index contributed by atoms with van der Waals surface area (Å²) in [6.07, 6.45) is 1.68. The second-order valence-corrected chi connectivity index (χ2v) is 5.92. The standard InChI is InChI=1S/C17H13BrClNO/c18-14-11-13(19)8-9-15(14)20-17(16-7-4-10-21-16)12-5-2-1-3-6-12/h1-11,17,20H. The number of nitrogens with one attached hydrogen (secondary N) is 1. The Bertz CT molecular complexity index is 713. The van der Waals surface area contributed by atoms with Gasteiger partial charge in [0.05, 0.1) is 6.26 Å². The first-order valence-electron chi connectivity index (χ1n) is 6.54. The topological polar surface area (TPSA) is 25.2 Å². The monoisotopic (exact) mass is 361 g/mol. The fourth-order valence-corrected chi connectivity index (χ4v) is 2.98. The summed E-state index contributed by atoms with van der Waals surface area (Å²) >= 11 is 9.53. The smallest absolute Gasteiger partial charge is 0.130 e. The molecule has 0 bridgehead atoms. The van der Waals surface area contributed by atoms with E-state index in [2.05, 4.69) is 33.4 Å². The van der Waals surface area contributed by atoms with Crippen molar-refractivity contribution in [2.24, 2.45) is 0 Å². The fraction of sp³-hybridized carbons (Fsp3) is 0.0588. The normalized spacial score (nSPS) is 12.1. The number of benzene rings is 2. The van der Waals surface area contributed by atoms with Gasteiger partial charge in [-0.2, -0.15) is 0 Å². The molecule has 2 nitrogen and oxygen atoms in total. The Kier molecular flexibility index (Phi) is 4.32. The molecule has 21 heavy (non-hydrogen) atoms. The highest BCUT2D eigenvalue weighted by molar-refractivity contribution is 9.10. The molecule has 0 amide bonds. The summed E-state index contributed by atoms with van der Waals surface area (Å²) in [5.74, 6) is 0.864. The zero-order valence-corrected chi connectivity index (χ0v) is 13.4. The van der Waals surface area contributed by atoms with E-state index in [0.29, 0.717) is 5.02 Å². The molecule has 1 aromatic heterocycles. The Labute approximate surface area is 136 Å². The third-order valence-corrected chi connectivity index (χ3v) is 4.08. The molecule has 0 fully saturated rings. The molecule has 3 aromatic rings. The molecule has 0 aliphatic rings. The first-order chi connectivity index (χ1) is 10.2. The molecule has 3 rings (SSSR count). The molecule has 0 spiro atoms. The van der Waals surface area contributed by atoms with E-state index in [1.807, 2.05) is 48.5 Å². The van der Waals surface area contributed by atoms with Crippen molar-refractivity contribution in [2.45, 2.75) is 6.04 Å². The molecule has 0 aliphatic heterocycles. The number of anilines is 1. The number of hydrogen-bond acceptors (Lipinski definition) is 2. The number of rotatable bonds is 4. The average molecular weight is 363 g/mol. The molecule has 4 heteroatoms. The van der Waals surface area contributed by atoms with Gasteiger partial charge in [0.1, 0.15) is 11.8 Å². The highest BCUT2D eigenvalue weighted by atomic mass is 79.9. The molecule has 0 saturated carbocycles. The summed E-state index contributed by atoms with van der Waals surface area (Å²) in [5.41, 5.74) is 2.10. The van der Waals surface area contributed by atoms with Crippen LogP contribution in [0.5, 0.6) is 0 Å². The third-order valence-electron chi connectivity index (χ3n) is 3.19. The lowest BCUT2D eigenvalue weighted by Gasteiger charge is -2.19. The van der Waals surface area contributed by atoms with E-state index in [1.54, 1.807) is 6.26 Å². The van der Waals surface area contributed by atoms with Gasteiger partial charge >= 0.3 is 0 Å². The van der Waals surface area contributed by atoms with Crippen molar-refractivity contribution in [3.63, 3.8) is 0 Å². The second kappa shape index (κ2) is 6.37. The van der Waals surface area contributed by atoms with Gasteiger partial charge < -0.3 is 9.73 Å². The highest BCUT2D eigenvalue weighted by Gasteiger charge is 2.17. The van der Waals surface area contributed by atoms with E-state index in [9.17, 15) is 0 Å². The maximum absolute atomic E-state index is 5.99. The molecule has 1 unspecified atom stereocenters. The number of halogens is 2. The molecular formula is C17H13BrClNO. The van der Waals surface area contributed by atoms with E-state index in [4.69, 9.17) is 16.0 Å². The van der Waals surface area contributed by atoms with Crippen LogP contribution in [0, 0.1) is 0 Å². The lowest BCUT2D eigenvalue weighted by Crippen LogP contribution is -2.11. The van der Waals surface area contributed by atoms with E-state index < -0.39 is 0 Å². The minimum Gasteiger partial charge on any atom is -0.467 e. The molecule has 1 N–H and O–H groups in total. The molecule has 2 aromatic carbocycles. The van der Waals surface area contributed by atoms with Crippen LogP contribution in [0.15, 0.2) is 75.8 Å². The minimum absolute atomic E-state index is 0.0568. The van der Waals surface area contributed by atoms with Crippen LogP contribution in [-0.2, 0) is 0 Å². The van der Waals surface area contributed by atoms with Crippen molar-refractivity contribution < 1.29 is 4.42 Å². The lowest BCUT2D eigenvalue weighted by atomic mass is 10.0. The van der Waals surface area contributed by atoms with Gasteiger partial charge in [0, 0.05) is 15.2 Å². The Hall–Kier alpha value is -1.71. The van der Waals surface area contributed by atoms with Crippen molar-refractivity contribution in [3.8, 4) is 0 Å². The van der Waals surface area contributed by atoms with Gasteiger partial charge in [-0.3, -0.25) is 0 Å². The summed E-state index contributed by atoms with van der Waals surface area (Å²) in [5, 5.41) is 4.19. The summed E-state index contributed by atoms with van der Waals surface area (Å²) in [4.78, 5) is 0. The maximum Gasteiger partial charge on any atom is 0.130 e. The number of hydrogen-bond donors (Lipinski definition) is 1. The SMILES string of the molecule is Clc1ccc(NC(c2ccccc2)c2ccco2)c(Br)c1. The van der Waals surface area contributed by atoms with Crippen molar-refractivity contribution in [1.82, 2.24) is 0 Å². The van der Waals surface area contributed by atoms with Gasteiger partial charge in [-0.25, -0.2) is 0 Å². The summed E-state index contributed by atoms with van der Waals surface area (Å²) < 4.78 is 6.50. The number of furan rings is 1. The molecule has 0 saturated heterocycles. The minimum atomic E-state index is -0.0568. The first-order valence-corrected chi connectivity index (χ1v) is 7.71. The zero-order valence-electron chi connectivity index (χ0n) is 11.1. The molecular weight excluding hydrogens is 350 g/mol. The first kappa shape index (κ1) is 14.2. The Balaban J connectivity index is 1.97. The Morgan fingerprint density at radius 1 is 1.00 bits per heavy atom. The Morgan fingerprint density at radius 3 is 2.48 bits per heavy atom. The van der Waals surface area contributed by atoms with Gasteiger partial charge in [0.25, 0.3) is 0 Å². The molecule has 0 radical (unpaired) electrons. The van der Waals surface area contributed by atoms with Crippen LogP contribution >= 0.6 is 27.5 Å². The predicted molar refractivity (Wildman–Crippen MR) is 89.8 cm³/mol. The van der Waals surface area contributed by atoms with Crippen LogP contribution in [0.1, 0.15) is 17.4 Å². The molecule has 0 aliphatic carbocycles. The fourth-order valence-electron chi connectivity index (χ4n) is 2.18. The van der Waals surface area contributed by atoms with Gasteiger partial charge in [0.2, 0.25) is 0 Å². The zero-order chi connectivity index (χ0) is 14.7. The van der Waals surface area contributed by atoms with Crippen LogP contribution in [0.25, 0.3) is 0 Å². The van der Waals surface area contributed by atoms with Crippen LogP contribution in [0.4, 0.5) is 5.69 Å². The van der Waals surface area contributed by atoms with Gasteiger partial charge in [-0.1, -0.05) is 41.9 Å². The van der Waals surface area contributed by atoms with Crippen molar-refractivity contribution in [3.05, 3.63) is 87.7 Å². The lowest BCUT2D eigenvalue weighted by molar-refractivity contribution is 0.499. The van der Waals surface area contributed by atoms with Gasteiger partial charge in [-0.05, 0) is 51.8 Å². The average Bonchev–Trinajstić information content (AvgIpc) is 3.01. The highest BCUT2D eigenvalue weighted by Crippen LogP contribution is 2.32. The van der Waals surface area contributed by atoms with E-state index in [1.165, 1.54) is 0 Å². The molecule has 1 atom stereocenters. The largest absolute Gasteiger partial charge is 0.467 e. The van der Waals surface area contributed by atoms with Crippen LogP contribution in [-0.4, -0.2) is 0 Å². The van der Waals surface area contributed by atoms with Crippen LogP contribution in [0.3, 0.4) is 0 Å². The predicted octanol–water partition coefficient (Wildman–Crippen LogP) is 5.90. The van der Waals surface area contributed by atoms with Crippen LogP contribution < -0.4 is 5.32 Å². The van der Waals surface area contributed by atoms with E-state index in [-0.39, 0.29) is 6.04 Å². The van der Waals surface area contributed by atoms with Gasteiger partial charge in [-0.15, -0.1) is 0 Å². The van der Waals surface area contributed by atoms with Crippen LogP contribution in [0.2, 0.25) is 5.02 Å². The maximum atomic E-state index is 5.99. The summed E-state index contributed by atoms with van der Waals surface area (Å²) in [6, 6.07) is 19.7. The quantitative estimate of drug-likeness (QED) is 0.625. The van der Waals surface area contributed by atoms with E-state index >= 15 is 0 Å². The van der Waals surface area contributed by atoms with Crippen molar-refractivity contribution in [2.75, 3.05) is 5.32 Å².